The van der Waals surface area contributed by atoms with Gasteiger partial charge in [-0.3, -0.25) is 0 Å². The van der Waals surface area contributed by atoms with E-state index in [0.29, 0.717) is 18.1 Å². The lowest BCUT2D eigenvalue weighted by Crippen LogP contribution is -2.43. The molecule has 1 N–H and O–H groups in total. The molecule has 4 nitrogen and oxygen atoms in total. The van der Waals surface area contributed by atoms with Crippen LogP contribution in [0.4, 0.5) is 4.39 Å². The average Bonchev–Trinajstić information content (AvgIpc) is 2.71. The van der Waals surface area contributed by atoms with Crippen molar-refractivity contribution in [3.8, 4) is 17.0 Å². The quantitative estimate of drug-likeness (QED) is 0.654. The molecule has 1 saturated heterocycles. The normalized spacial score (nSPS) is 18.7. The highest BCUT2D eigenvalue weighted by Crippen LogP contribution is 2.30. The van der Waals surface area contributed by atoms with Crippen molar-refractivity contribution < 1.29 is 13.9 Å². The predicted octanol–water partition coefficient (Wildman–Crippen LogP) is 5.10. The number of pyridine rings is 1. The standard InChI is InChI=1S/C24H27FN2O2/c1-24(2)14-20(9-10-29-24)26-15-18-11-16-7-8-19(25)13-22(16)27-23(18)17-5-4-6-21(12-17)28-3/h4-8,11-13,20,26H,9-10,14-15H2,1-3H3/t20-/m0/s1. The number of fused-ring (bicyclic) bond motifs is 1. The topological polar surface area (TPSA) is 43.4 Å². The number of aromatic nitrogens is 1. The molecule has 0 saturated carbocycles. The third-order valence-electron chi connectivity index (χ3n) is 5.48. The summed E-state index contributed by atoms with van der Waals surface area (Å²) in [6.07, 6.45) is 1.96. The molecule has 0 amide bonds. The molecule has 0 radical (unpaired) electrons. The molecule has 2 heterocycles. The van der Waals surface area contributed by atoms with Crippen LogP contribution in [0.25, 0.3) is 22.2 Å². The molecule has 1 aliphatic heterocycles. The molecule has 0 aliphatic carbocycles. The van der Waals surface area contributed by atoms with Crippen molar-refractivity contribution in [2.45, 2.75) is 44.9 Å². The fourth-order valence-electron chi connectivity index (χ4n) is 4.00. The first-order valence-electron chi connectivity index (χ1n) is 10.0. The van der Waals surface area contributed by atoms with Crippen LogP contribution in [0, 0.1) is 5.82 Å². The number of rotatable bonds is 5. The number of hydrogen-bond donors (Lipinski definition) is 1. The lowest BCUT2D eigenvalue weighted by atomic mass is 9.93. The van der Waals surface area contributed by atoms with E-state index in [4.69, 9.17) is 14.5 Å². The number of benzene rings is 2. The maximum Gasteiger partial charge on any atom is 0.125 e. The van der Waals surface area contributed by atoms with Crippen molar-refractivity contribution in [3.63, 3.8) is 0 Å². The van der Waals surface area contributed by atoms with Crippen molar-refractivity contribution in [1.29, 1.82) is 0 Å². The molecule has 4 rings (SSSR count). The van der Waals surface area contributed by atoms with Crippen molar-refractivity contribution in [3.05, 3.63) is 59.9 Å². The average molecular weight is 394 g/mol. The van der Waals surface area contributed by atoms with Gasteiger partial charge in [0.25, 0.3) is 0 Å². The molecule has 5 heteroatoms. The van der Waals surface area contributed by atoms with Crippen LogP contribution in [-0.2, 0) is 11.3 Å². The van der Waals surface area contributed by atoms with E-state index in [-0.39, 0.29) is 11.4 Å². The maximum atomic E-state index is 13.8. The van der Waals surface area contributed by atoms with Crippen LogP contribution >= 0.6 is 0 Å². The van der Waals surface area contributed by atoms with Crippen LogP contribution in [0.5, 0.6) is 5.75 Å². The van der Waals surface area contributed by atoms with E-state index in [1.54, 1.807) is 13.2 Å². The zero-order valence-corrected chi connectivity index (χ0v) is 17.2. The van der Waals surface area contributed by atoms with E-state index in [1.165, 1.54) is 12.1 Å². The Morgan fingerprint density at radius 1 is 1.21 bits per heavy atom. The van der Waals surface area contributed by atoms with E-state index in [9.17, 15) is 4.39 Å². The van der Waals surface area contributed by atoms with Gasteiger partial charge in [0, 0.05) is 36.2 Å². The molecule has 1 aromatic heterocycles. The van der Waals surface area contributed by atoms with Crippen molar-refractivity contribution in [2.75, 3.05) is 13.7 Å². The van der Waals surface area contributed by atoms with Gasteiger partial charge in [0.2, 0.25) is 0 Å². The number of hydrogen-bond acceptors (Lipinski definition) is 4. The molecule has 1 atom stereocenters. The Labute approximate surface area is 171 Å². The Kier molecular flexibility index (Phi) is 5.52. The fraction of sp³-hybridized carbons (Fsp3) is 0.375. The molecule has 0 spiro atoms. The molecule has 152 valence electrons. The summed E-state index contributed by atoms with van der Waals surface area (Å²) >= 11 is 0. The maximum absolute atomic E-state index is 13.8. The van der Waals surface area contributed by atoms with Crippen LogP contribution in [0.1, 0.15) is 32.3 Å². The SMILES string of the molecule is COc1cccc(-c2nc3cc(F)ccc3cc2CN[C@H]2CCOC(C)(C)C2)c1. The lowest BCUT2D eigenvalue weighted by Gasteiger charge is -2.36. The summed E-state index contributed by atoms with van der Waals surface area (Å²) in [5.41, 5.74) is 3.44. The number of halogens is 1. The monoisotopic (exact) mass is 394 g/mol. The van der Waals surface area contributed by atoms with Crippen LogP contribution in [0.3, 0.4) is 0 Å². The number of nitrogens with zero attached hydrogens (tertiary/aromatic N) is 1. The minimum absolute atomic E-state index is 0.106. The Hall–Kier alpha value is -2.50. The zero-order chi connectivity index (χ0) is 20.4. The second kappa shape index (κ2) is 8.09. The van der Waals surface area contributed by atoms with Crippen LogP contribution in [0.15, 0.2) is 48.5 Å². The summed E-state index contributed by atoms with van der Waals surface area (Å²) in [6.45, 7) is 5.72. The molecule has 0 bridgehead atoms. The van der Waals surface area contributed by atoms with Gasteiger partial charge in [0.15, 0.2) is 0 Å². The number of ether oxygens (including phenoxy) is 2. The zero-order valence-electron chi connectivity index (χ0n) is 17.2. The predicted molar refractivity (Wildman–Crippen MR) is 114 cm³/mol. The number of nitrogens with one attached hydrogen (secondary N) is 1. The van der Waals surface area contributed by atoms with Gasteiger partial charge in [0.1, 0.15) is 11.6 Å². The largest absolute Gasteiger partial charge is 0.497 e. The van der Waals surface area contributed by atoms with E-state index in [2.05, 4.69) is 25.2 Å². The second-order valence-corrected chi connectivity index (χ2v) is 8.24. The van der Waals surface area contributed by atoms with E-state index < -0.39 is 0 Å². The highest BCUT2D eigenvalue weighted by molar-refractivity contribution is 5.83. The van der Waals surface area contributed by atoms with Crippen molar-refractivity contribution in [2.24, 2.45) is 0 Å². The van der Waals surface area contributed by atoms with Crippen molar-refractivity contribution >= 4 is 10.9 Å². The number of methoxy groups -OCH3 is 1. The Morgan fingerprint density at radius 2 is 2.07 bits per heavy atom. The third-order valence-corrected chi connectivity index (χ3v) is 5.48. The van der Waals surface area contributed by atoms with Gasteiger partial charge in [-0.05, 0) is 62.6 Å². The third kappa shape index (κ3) is 4.57. The smallest absolute Gasteiger partial charge is 0.125 e. The summed E-state index contributed by atoms with van der Waals surface area (Å²) < 4.78 is 25.0. The highest BCUT2D eigenvalue weighted by Gasteiger charge is 2.28. The Bertz CT molecular complexity index is 1020. The minimum Gasteiger partial charge on any atom is -0.497 e. The summed E-state index contributed by atoms with van der Waals surface area (Å²) in [6, 6.07) is 15.1. The van der Waals surface area contributed by atoms with Gasteiger partial charge in [-0.15, -0.1) is 0 Å². The molecule has 2 aromatic carbocycles. The molecular formula is C24H27FN2O2. The first-order valence-corrected chi connectivity index (χ1v) is 10.0. The highest BCUT2D eigenvalue weighted by atomic mass is 19.1. The van der Waals surface area contributed by atoms with E-state index in [1.807, 2.05) is 24.3 Å². The molecular weight excluding hydrogens is 367 g/mol. The molecule has 1 fully saturated rings. The van der Waals surface area contributed by atoms with Crippen LogP contribution in [-0.4, -0.2) is 30.3 Å². The van der Waals surface area contributed by atoms with E-state index >= 15 is 0 Å². The Balaban J connectivity index is 1.69. The van der Waals surface area contributed by atoms with Gasteiger partial charge in [-0.25, -0.2) is 9.37 Å². The lowest BCUT2D eigenvalue weighted by molar-refractivity contribution is -0.0630. The molecule has 0 unspecified atom stereocenters. The summed E-state index contributed by atoms with van der Waals surface area (Å²) in [5.74, 6) is 0.491. The first-order chi connectivity index (χ1) is 13.9. The molecule has 29 heavy (non-hydrogen) atoms. The van der Waals surface area contributed by atoms with Crippen LogP contribution in [0.2, 0.25) is 0 Å². The Morgan fingerprint density at radius 3 is 2.86 bits per heavy atom. The van der Waals surface area contributed by atoms with Gasteiger partial charge in [-0.1, -0.05) is 12.1 Å². The van der Waals surface area contributed by atoms with Gasteiger partial charge < -0.3 is 14.8 Å². The van der Waals surface area contributed by atoms with Gasteiger partial charge in [0.05, 0.1) is 23.9 Å². The first kappa shape index (κ1) is 19.8. The van der Waals surface area contributed by atoms with E-state index in [0.717, 1.165) is 47.4 Å². The summed E-state index contributed by atoms with van der Waals surface area (Å²) in [5, 5.41) is 4.62. The van der Waals surface area contributed by atoms with Gasteiger partial charge in [-0.2, -0.15) is 0 Å². The van der Waals surface area contributed by atoms with Crippen LogP contribution < -0.4 is 10.1 Å². The minimum atomic E-state index is -0.281. The molecule has 1 aliphatic rings. The fourth-order valence-corrected chi connectivity index (χ4v) is 4.00. The summed E-state index contributed by atoms with van der Waals surface area (Å²) in [4.78, 5) is 4.81. The summed E-state index contributed by atoms with van der Waals surface area (Å²) in [7, 11) is 1.65. The molecule has 3 aromatic rings. The van der Waals surface area contributed by atoms with Crippen molar-refractivity contribution in [1.82, 2.24) is 10.3 Å². The van der Waals surface area contributed by atoms with Gasteiger partial charge >= 0.3 is 0 Å². The second-order valence-electron chi connectivity index (χ2n) is 8.24.